The van der Waals surface area contributed by atoms with Crippen LogP contribution in [-0.2, 0) is 39.0 Å². The van der Waals surface area contributed by atoms with E-state index in [1.807, 2.05) is 0 Å². The molecule has 0 saturated heterocycles. The molecule has 0 nitrogen and oxygen atoms in total. The van der Waals surface area contributed by atoms with E-state index in [9.17, 15) is 0 Å². The van der Waals surface area contributed by atoms with Gasteiger partial charge >= 0.3 is 26.2 Å². The number of benzene rings is 6. The second kappa shape index (κ2) is 23.5. The van der Waals surface area contributed by atoms with E-state index in [0.29, 0.717) is 0 Å². The summed E-state index contributed by atoms with van der Waals surface area (Å²) < 4.78 is 0. The Morgan fingerprint density at radius 3 is 0.897 bits per heavy atom. The quantitative estimate of drug-likeness (QED) is 0.105. The Morgan fingerprint density at radius 1 is 0.368 bits per heavy atom. The van der Waals surface area contributed by atoms with Gasteiger partial charge in [-0.2, -0.15) is 12.1 Å². The second-order valence-corrected chi connectivity index (χ2v) is 22.1. The number of fused-ring (bicyclic) bond motifs is 2. The van der Waals surface area contributed by atoms with Gasteiger partial charge in [-0.25, -0.2) is 0 Å². The van der Waals surface area contributed by atoms with E-state index < -0.39 is 0 Å². The molecule has 2 heteroatoms. The van der Waals surface area contributed by atoms with Crippen LogP contribution in [0.5, 0.6) is 0 Å². The Kier molecular flexibility index (Phi) is 17.8. The van der Waals surface area contributed by atoms with Crippen molar-refractivity contribution in [3.05, 3.63) is 177 Å². The first-order chi connectivity index (χ1) is 32.3. The molecule has 2 radical (unpaired) electrons. The predicted molar refractivity (Wildman–Crippen MR) is 297 cm³/mol. The van der Waals surface area contributed by atoms with Crippen molar-refractivity contribution in [1.82, 2.24) is 0 Å². The number of hydrogen-bond donors (Lipinski definition) is 0. The molecule has 0 spiro atoms. The van der Waals surface area contributed by atoms with Gasteiger partial charge in [-0.1, -0.05) is 252 Å². The molecule has 2 saturated carbocycles. The third-order valence-electron chi connectivity index (χ3n) is 14.5. The van der Waals surface area contributed by atoms with Crippen molar-refractivity contribution in [2.45, 2.75) is 146 Å². The van der Waals surface area contributed by atoms with Crippen LogP contribution in [0, 0.1) is 67.2 Å². The van der Waals surface area contributed by atoms with Gasteiger partial charge in [-0.3, -0.25) is 0 Å². The first kappa shape index (κ1) is 51.5. The van der Waals surface area contributed by atoms with Crippen LogP contribution in [0.4, 0.5) is 0 Å². The molecule has 0 aromatic heterocycles. The van der Waals surface area contributed by atoms with Crippen LogP contribution in [0.2, 0.25) is 13.1 Å². The Balaban J connectivity index is 0.000000188. The van der Waals surface area contributed by atoms with Gasteiger partial charge in [0.25, 0.3) is 0 Å². The summed E-state index contributed by atoms with van der Waals surface area (Å²) >= 11 is 0. The smallest absolute Gasteiger partial charge is 0.164 e. The van der Waals surface area contributed by atoms with E-state index in [2.05, 4.69) is 190 Å². The summed E-state index contributed by atoms with van der Waals surface area (Å²) in [5, 5.41) is 5.66. The molecular weight excluding hydrogens is 912 g/mol. The number of rotatable bonds is 8. The van der Waals surface area contributed by atoms with Gasteiger partial charge in [-0.05, 0) is 91.2 Å². The molecule has 0 heterocycles. The molecule has 0 N–H and O–H groups in total. The van der Waals surface area contributed by atoms with Crippen molar-refractivity contribution in [3.8, 4) is 44.5 Å². The SMILES string of the molecule is C[Si]C.Cc1cc(C)cc(-c2ccc(-c3cc(C)cc(C)c3)c3[cH-]c(CC4CCCCC4)cc23)c1.Cc1cc(C)cc(-c2ccc(-c3cc(C)cc(C)c3)c3[cH-]c(CC4CCCCC4)cc23)c1.[Zr+2]. The molecule has 2 aliphatic rings. The standard InChI is InChI=1S/2C32H35.C2H6Si.Zr/c2*1-21-12-22(2)15-27(14-21)29-10-11-30(28-16-23(3)13-24(4)17-28)32-20-26(19-31(29)32)18-25-8-6-5-7-9-25;1-3-2;/h2*10-17,19-20,25H,5-9,18H2,1-4H3;1-2H3;/q2*-1;;+2. The van der Waals surface area contributed by atoms with Gasteiger partial charge in [0.2, 0.25) is 0 Å². The van der Waals surface area contributed by atoms with Gasteiger partial charge in [0, 0.05) is 9.52 Å². The van der Waals surface area contributed by atoms with Crippen molar-refractivity contribution >= 4 is 31.1 Å². The molecule has 8 aromatic rings. The summed E-state index contributed by atoms with van der Waals surface area (Å²) in [6.07, 6.45) is 16.5. The van der Waals surface area contributed by atoms with E-state index >= 15 is 0 Å². The summed E-state index contributed by atoms with van der Waals surface area (Å²) in [4.78, 5) is 0. The fourth-order valence-corrected chi connectivity index (χ4v) is 11.9. The molecule has 0 atom stereocenters. The molecule has 10 rings (SSSR count). The third-order valence-corrected chi connectivity index (χ3v) is 14.5. The van der Waals surface area contributed by atoms with Crippen molar-refractivity contribution < 1.29 is 26.2 Å². The van der Waals surface area contributed by atoms with Crippen molar-refractivity contribution in [3.63, 3.8) is 0 Å². The Morgan fingerprint density at radius 2 is 0.618 bits per heavy atom. The molecule has 2 fully saturated rings. The Bertz CT molecular complexity index is 2500. The van der Waals surface area contributed by atoms with E-state index in [1.165, 1.54) is 199 Å². The molecule has 68 heavy (non-hydrogen) atoms. The molecule has 0 aliphatic heterocycles. The zero-order valence-electron chi connectivity index (χ0n) is 43.2. The minimum absolute atomic E-state index is 0. The average Bonchev–Trinajstić information content (AvgIpc) is 3.90. The molecule has 0 amide bonds. The maximum atomic E-state index is 2.50. The maximum absolute atomic E-state index is 2.50. The van der Waals surface area contributed by atoms with Crippen LogP contribution in [0.25, 0.3) is 66.1 Å². The van der Waals surface area contributed by atoms with Crippen molar-refractivity contribution in [1.29, 1.82) is 0 Å². The normalized spacial score (nSPS) is 14.3. The Hall–Kier alpha value is -4.36. The summed E-state index contributed by atoms with van der Waals surface area (Å²) in [6, 6.07) is 47.2. The largest absolute Gasteiger partial charge is 2.00 e. The van der Waals surface area contributed by atoms with E-state index in [0.717, 1.165) is 21.4 Å². The summed E-state index contributed by atoms with van der Waals surface area (Å²) in [7, 11) is 1.08. The molecule has 0 bridgehead atoms. The van der Waals surface area contributed by atoms with Crippen LogP contribution >= 0.6 is 0 Å². The van der Waals surface area contributed by atoms with Gasteiger partial charge in [-0.15, -0.1) is 44.8 Å². The van der Waals surface area contributed by atoms with Crippen LogP contribution < -0.4 is 0 Å². The monoisotopic (exact) mass is 986 g/mol. The summed E-state index contributed by atoms with van der Waals surface area (Å²) in [5.41, 5.74) is 24.6. The molecule has 0 unspecified atom stereocenters. The third kappa shape index (κ3) is 12.7. The number of aryl methyl sites for hydroxylation is 8. The maximum Gasteiger partial charge on any atom is 2.00 e. The zero-order valence-corrected chi connectivity index (χ0v) is 46.6. The second-order valence-electron chi connectivity index (χ2n) is 21.1. The number of hydrogen-bond acceptors (Lipinski definition) is 0. The van der Waals surface area contributed by atoms with Crippen molar-refractivity contribution in [2.75, 3.05) is 0 Å². The summed E-state index contributed by atoms with van der Waals surface area (Å²) in [5.74, 6) is 1.71. The van der Waals surface area contributed by atoms with Crippen LogP contribution in [-0.4, -0.2) is 9.52 Å². The first-order valence-electron chi connectivity index (χ1n) is 25.7. The predicted octanol–water partition coefficient (Wildman–Crippen LogP) is 19.3. The Labute approximate surface area is 433 Å². The van der Waals surface area contributed by atoms with Gasteiger partial charge in [0.15, 0.2) is 0 Å². The summed E-state index contributed by atoms with van der Waals surface area (Å²) in [6.45, 7) is 21.9. The zero-order chi connectivity index (χ0) is 47.2. The van der Waals surface area contributed by atoms with E-state index in [4.69, 9.17) is 0 Å². The van der Waals surface area contributed by atoms with Gasteiger partial charge in [0.05, 0.1) is 0 Å². The fourth-order valence-electron chi connectivity index (χ4n) is 11.9. The van der Waals surface area contributed by atoms with E-state index in [1.54, 1.807) is 0 Å². The van der Waals surface area contributed by atoms with Crippen LogP contribution in [0.15, 0.2) is 121 Å². The fraction of sp³-hybridized carbons (Fsp3) is 0.364. The van der Waals surface area contributed by atoms with Crippen LogP contribution in [0.1, 0.15) is 120 Å². The van der Waals surface area contributed by atoms with E-state index in [-0.39, 0.29) is 26.2 Å². The first-order valence-corrected chi connectivity index (χ1v) is 27.7. The molecule has 348 valence electrons. The molecule has 8 aromatic carbocycles. The molecule has 2 aliphatic carbocycles. The average molecular weight is 989 g/mol. The molecular formula is C66H76SiZr. The minimum atomic E-state index is 0. The topological polar surface area (TPSA) is 0 Å². The minimum Gasteiger partial charge on any atom is -0.164 e. The van der Waals surface area contributed by atoms with Gasteiger partial charge < -0.3 is 0 Å². The van der Waals surface area contributed by atoms with Crippen LogP contribution in [0.3, 0.4) is 0 Å². The van der Waals surface area contributed by atoms with Gasteiger partial charge in [0.1, 0.15) is 0 Å². The van der Waals surface area contributed by atoms with Crippen molar-refractivity contribution in [2.24, 2.45) is 11.8 Å².